The molecule has 1 heterocycles. The summed E-state index contributed by atoms with van der Waals surface area (Å²) in [5, 5.41) is 0. The molecule has 2 atom stereocenters. The summed E-state index contributed by atoms with van der Waals surface area (Å²) >= 11 is 0. The van der Waals surface area contributed by atoms with Crippen molar-refractivity contribution < 1.29 is 17.3 Å². The van der Waals surface area contributed by atoms with Crippen LogP contribution in [0.5, 0.6) is 0 Å². The van der Waals surface area contributed by atoms with Crippen LogP contribution in [0, 0.1) is 0 Å². The molecule has 0 aromatic rings. The summed E-state index contributed by atoms with van der Waals surface area (Å²) in [5.74, 6) is 0. The van der Waals surface area contributed by atoms with Gasteiger partial charge in [0.1, 0.15) is 0 Å². The monoisotopic (exact) mass is 331 g/mol. The Morgan fingerprint density at radius 1 is 0.727 bits per heavy atom. The van der Waals surface area contributed by atoms with Gasteiger partial charge < -0.3 is 17.3 Å². The van der Waals surface area contributed by atoms with Gasteiger partial charge in [-0.1, -0.05) is 71.6 Å². The van der Waals surface area contributed by atoms with Gasteiger partial charge in [-0.05, 0) is 38.5 Å². The van der Waals surface area contributed by atoms with Crippen molar-refractivity contribution in [1.29, 1.82) is 0 Å². The number of rotatable bonds is 13. The molecule has 1 nitrogen and oxygen atoms in total. The summed E-state index contributed by atoms with van der Waals surface area (Å²) < 4.78 is 0. The second kappa shape index (κ2) is 16.1. The maximum atomic E-state index is 2.35. The summed E-state index contributed by atoms with van der Waals surface area (Å²) in [6.07, 6.45) is 22.0. The van der Waals surface area contributed by atoms with Gasteiger partial charge in [0.05, 0.1) is 19.1 Å². The molecule has 2 unspecified atom stereocenters. The van der Waals surface area contributed by atoms with Crippen molar-refractivity contribution in [1.82, 2.24) is 0 Å². The van der Waals surface area contributed by atoms with Crippen LogP contribution in [0.25, 0.3) is 0 Å². The van der Waals surface area contributed by atoms with E-state index in [1.165, 1.54) is 109 Å². The SMILES string of the molecule is CCCCCCCCCCCC[NH+]1CCCCC1CCC.[Cl-]. The van der Waals surface area contributed by atoms with Crippen molar-refractivity contribution in [2.75, 3.05) is 13.1 Å². The van der Waals surface area contributed by atoms with E-state index in [9.17, 15) is 0 Å². The topological polar surface area (TPSA) is 4.44 Å². The molecule has 1 rings (SSSR count). The molecule has 0 saturated carbocycles. The smallest absolute Gasteiger partial charge is 0.0874 e. The van der Waals surface area contributed by atoms with E-state index in [2.05, 4.69) is 13.8 Å². The Morgan fingerprint density at radius 2 is 1.32 bits per heavy atom. The van der Waals surface area contributed by atoms with Crippen molar-refractivity contribution in [3.05, 3.63) is 0 Å². The lowest BCUT2D eigenvalue weighted by molar-refractivity contribution is -0.931. The van der Waals surface area contributed by atoms with Crippen LogP contribution in [0.2, 0.25) is 0 Å². The van der Waals surface area contributed by atoms with E-state index in [-0.39, 0.29) is 12.4 Å². The van der Waals surface area contributed by atoms with Crippen LogP contribution in [-0.2, 0) is 0 Å². The van der Waals surface area contributed by atoms with Gasteiger partial charge >= 0.3 is 0 Å². The van der Waals surface area contributed by atoms with Crippen LogP contribution in [0.1, 0.15) is 110 Å². The Labute approximate surface area is 147 Å². The molecule has 1 N–H and O–H groups in total. The van der Waals surface area contributed by atoms with Crippen LogP contribution < -0.4 is 17.3 Å². The molecule has 0 bridgehead atoms. The Bertz CT molecular complexity index is 218. The highest BCUT2D eigenvalue weighted by atomic mass is 35.5. The molecule has 0 aromatic heterocycles. The summed E-state index contributed by atoms with van der Waals surface area (Å²) in [6, 6.07) is 1.00. The lowest BCUT2D eigenvalue weighted by Gasteiger charge is -2.32. The third-order valence-corrected chi connectivity index (χ3v) is 5.37. The number of quaternary nitrogens is 1. The zero-order chi connectivity index (χ0) is 15.2. The normalized spacial score (nSPS) is 21.5. The summed E-state index contributed by atoms with van der Waals surface area (Å²) in [6.45, 7) is 7.57. The Morgan fingerprint density at radius 3 is 1.91 bits per heavy atom. The molecule has 134 valence electrons. The van der Waals surface area contributed by atoms with E-state index in [1.54, 1.807) is 0 Å². The third-order valence-electron chi connectivity index (χ3n) is 5.37. The molecule has 0 amide bonds. The molecule has 1 aliphatic heterocycles. The number of likely N-dealkylation sites (tertiary alicyclic amines) is 1. The van der Waals surface area contributed by atoms with E-state index in [0.29, 0.717) is 0 Å². The molecule has 0 spiro atoms. The van der Waals surface area contributed by atoms with E-state index < -0.39 is 0 Å². The average Bonchev–Trinajstić information content (AvgIpc) is 2.51. The molecule has 0 aromatic carbocycles. The highest BCUT2D eigenvalue weighted by Gasteiger charge is 2.24. The zero-order valence-corrected chi connectivity index (χ0v) is 16.2. The predicted molar refractivity (Wildman–Crippen MR) is 95.1 cm³/mol. The highest BCUT2D eigenvalue weighted by Crippen LogP contribution is 2.11. The fourth-order valence-electron chi connectivity index (χ4n) is 4.02. The van der Waals surface area contributed by atoms with Gasteiger partial charge in [-0.15, -0.1) is 0 Å². The van der Waals surface area contributed by atoms with Crippen LogP contribution in [0.4, 0.5) is 0 Å². The zero-order valence-electron chi connectivity index (χ0n) is 15.5. The van der Waals surface area contributed by atoms with E-state index in [0.717, 1.165) is 6.04 Å². The molecule has 22 heavy (non-hydrogen) atoms. The second-order valence-corrected chi connectivity index (χ2v) is 7.32. The first-order valence-corrected chi connectivity index (χ1v) is 10.2. The number of nitrogens with one attached hydrogen (secondary N) is 1. The van der Waals surface area contributed by atoms with Gasteiger partial charge in [-0.3, -0.25) is 0 Å². The first kappa shape index (κ1) is 22.2. The van der Waals surface area contributed by atoms with Crippen molar-refractivity contribution in [3.63, 3.8) is 0 Å². The van der Waals surface area contributed by atoms with E-state index in [4.69, 9.17) is 0 Å². The standard InChI is InChI=1S/C20H41N.ClH/c1-3-5-6-7-8-9-10-11-12-14-18-21-19-15-13-17-20(21)16-4-2;/h20H,3-19H2,1-2H3;1H. The molecular weight excluding hydrogens is 290 g/mol. The molecule has 1 aliphatic rings. The summed E-state index contributed by atoms with van der Waals surface area (Å²) in [4.78, 5) is 1.95. The fourth-order valence-corrected chi connectivity index (χ4v) is 4.02. The predicted octanol–water partition coefficient (Wildman–Crippen LogP) is 2.15. The molecular formula is C20H42ClN. The fraction of sp³-hybridized carbons (Fsp3) is 1.00. The van der Waals surface area contributed by atoms with Crippen LogP contribution >= 0.6 is 0 Å². The van der Waals surface area contributed by atoms with Crippen molar-refractivity contribution in [2.45, 2.75) is 116 Å². The van der Waals surface area contributed by atoms with Crippen LogP contribution in [0.15, 0.2) is 0 Å². The van der Waals surface area contributed by atoms with Crippen molar-refractivity contribution in [2.24, 2.45) is 0 Å². The van der Waals surface area contributed by atoms with Gasteiger partial charge in [-0.25, -0.2) is 0 Å². The highest BCUT2D eigenvalue weighted by molar-refractivity contribution is 4.61. The van der Waals surface area contributed by atoms with Gasteiger partial charge in [0.25, 0.3) is 0 Å². The maximum Gasteiger partial charge on any atom is 0.0874 e. The van der Waals surface area contributed by atoms with E-state index in [1.807, 2.05) is 4.90 Å². The number of halogens is 1. The lowest BCUT2D eigenvalue weighted by atomic mass is 9.97. The largest absolute Gasteiger partial charge is 1.00 e. The Balaban J connectivity index is 0.00000441. The molecule has 0 radical (unpaired) electrons. The lowest BCUT2D eigenvalue weighted by Crippen LogP contribution is -3.16. The maximum absolute atomic E-state index is 2.35. The summed E-state index contributed by atoms with van der Waals surface area (Å²) in [5.41, 5.74) is 0. The third kappa shape index (κ3) is 10.9. The minimum atomic E-state index is 0. The number of hydrogen-bond acceptors (Lipinski definition) is 0. The second-order valence-electron chi connectivity index (χ2n) is 7.32. The number of piperidine rings is 1. The quantitative estimate of drug-likeness (QED) is 0.493. The average molecular weight is 332 g/mol. The Hall–Kier alpha value is 0.250. The minimum Gasteiger partial charge on any atom is -1.00 e. The molecule has 1 fully saturated rings. The van der Waals surface area contributed by atoms with Crippen molar-refractivity contribution in [3.8, 4) is 0 Å². The van der Waals surface area contributed by atoms with Crippen LogP contribution in [-0.4, -0.2) is 19.1 Å². The van der Waals surface area contributed by atoms with Gasteiger partial charge in [0, 0.05) is 0 Å². The van der Waals surface area contributed by atoms with Crippen LogP contribution in [0.3, 0.4) is 0 Å². The molecule has 0 aliphatic carbocycles. The number of unbranched alkanes of at least 4 members (excludes halogenated alkanes) is 9. The van der Waals surface area contributed by atoms with E-state index >= 15 is 0 Å². The first-order valence-electron chi connectivity index (χ1n) is 10.2. The first-order chi connectivity index (χ1) is 10.4. The molecule has 2 heteroatoms. The van der Waals surface area contributed by atoms with Gasteiger partial charge in [0.15, 0.2) is 0 Å². The minimum absolute atomic E-state index is 0. The van der Waals surface area contributed by atoms with Gasteiger partial charge in [-0.2, -0.15) is 0 Å². The Kier molecular flexibility index (Phi) is 16.3. The molecule has 1 saturated heterocycles. The summed E-state index contributed by atoms with van der Waals surface area (Å²) in [7, 11) is 0. The van der Waals surface area contributed by atoms with Gasteiger partial charge in [0.2, 0.25) is 0 Å². The number of hydrogen-bond donors (Lipinski definition) is 1. The van der Waals surface area contributed by atoms with Crippen molar-refractivity contribution >= 4 is 0 Å².